The summed E-state index contributed by atoms with van der Waals surface area (Å²) in [4.78, 5) is 28.6. The lowest BCUT2D eigenvalue weighted by Gasteiger charge is -2.46. The fourth-order valence-electron chi connectivity index (χ4n) is 4.48. The molecule has 0 aliphatic carbocycles. The highest BCUT2D eigenvalue weighted by molar-refractivity contribution is 5.80. The van der Waals surface area contributed by atoms with Gasteiger partial charge in [-0.25, -0.2) is 9.97 Å². The maximum Gasteiger partial charge on any atom is 0.225 e. The lowest BCUT2D eigenvalue weighted by Crippen LogP contribution is -2.59. The molecule has 0 aromatic carbocycles. The first-order chi connectivity index (χ1) is 15.9. The first-order valence-corrected chi connectivity index (χ1v) is 12.9. The van der Waals surface area contributed by atoms with Gasteiger partial charge in [-0.3, -0.25) is 9.69 Å². The third-order valence-corrected chi connectivity index (χ3v) is 6.60. The predicted molar refractivity (Wildman–Crippen MR) is 141 cm³/mol. The predicted octanol–water partition coefficient (Wildman–Crippen LogP) is 5.20. The smallest absolute Gasteiger partial charge is 0.225 e. The number of ketones is 1. The zero-order valence-electron chi connectivity index (χ0n) is 22.2. The highest BCUT2D eigenvalue weighted by Crippen LogP contribution is 2.25. The second-order valence-electron chi connectivity index (χ2n) is 9.44. The Balaban J connectivity index is 0.00000265. The van der Waals surface area contributed by atoms with E-state index in [4.69, 9.17) is 9.97 Å². The van der Waals surface area contributed by atoms with E-state index in [1.54, 1.807) is 0 Å². The highest BCUT2D eigenvalue weighted by Gasteiger charge is 2.33. The number of hydrogen-bond acceptors (Lipinski definition) is 6. The number of Topliss-reactive ketones (excluding diaryl/α,β-unsaturated/α-hetero) is 1. The summed E-state index contributed by atoms with van der Waals surface area (Å²) in [7, 11) is 2.15. The molecular formula is C27H49N5O. The molecule has 0 radical (unpaired) electrons. The van der Waals surface area contributed by atoms with Crippen molar-refractivity contribution in [3.8, 4) is 0 Å². The van der Waals surface area contributed by atoms with Crippen LogP contribution < -0.4 is 4.90 Å². The maximum absolute atomic E-state index is 11.7. The van der Waals surface area contributed by atoms with Gasteiger partial charge >= 0.3 is 0 Å². The molecule has 2 unspecified atom stereocenters. The van der Waals surface area contributed by atoms with Crippen molar-refractivity contribution in [2.75, 3.05) is 38.1 Å². The van der Waals surface area contributed by atoms with Gasteiger partial charge in [0.15, 0.2) is 0 Å². The molecule has 0 bridgehead atoms. The van der Waals surface area contributed by atoms with Crippen molar-refractivity contribution in [3.05, 3.63) is 31.1 Å². The monoisotopic (exact) mass is 459 g/mol. The summed E-state index contributed by atoms with van der Waals surface area (Å²) >= 11 is 0. The van der Waals surface area contributed by atoms with Crippen LogP contribution in [0.3, 0.4) is 0 Å². The molecule has 6 heteroatoms. The number of unbranched alkanes of at least 4 members (excludes halogenated alkanes) is 2. The van der Waals surface area contributed by atoms with Crippen molar-refractivity contribution in [2.24, 2.45) is 5.92 Å². The zero-order valence-corrected chi connectivity index (χ0v) is 22.2. The summed E-state index contributed by atoms with van der Waals surface area (Å²) in [6.07, 6.45) is 10.2. The van der Waals surface area contributed by atoms with Gasteiger partial charge in [-0.2, -0.15) is 0 Å². The second kappa shape index (κ2) is 15.9. The Bertz CT molecular complexity index is 649. The van der Waals surface area contributed by atoms with Crippen molar-refractivity contribution in [3.63, 3.8) is 0 Å². The molecule has 0 spiro atoms. The molecule has 6 nitrogen and oxygen atoms in total. The summed E-state index contributed by atoms with van der Waals surface area (Å²) in [5.74, 6) is 1.44. The van der Waals surface area contributed by atoms with Crippen LogP contribution in [0, 0.1) is 5.92 Å². The molecule has 2 rings (SSSR count). The van der Waals surface area contributed by atoms with Gasteiger partial charge in [0, 0.05) is 62.0 Å². The van der Waals surface area contributed by atoms with Gasteiger partial charge in [0.2, 0.25) is 5.95 Å². The summed E-state index contributed by atoms with van der Waals surface area (Å²) in [6, 6.07) is 0.963. The summed E-state index contributed by atoms with van der Waals surface area (Å²) < 4.78 is 0. The topological polar surface area (TPSA) is 52.6 Å². The van der Waals surface area contributed by atoms with Crippen molar-refractivity contribution in [1.82, 2.24) is 19.8 Å². The highest BCUT2D eigenvalue weighted by atomic mass is 16.1. The molecule has 188 valence electrons. The van der Waals surface area contributed by atoms with E-state index in [9.17, 15) is 4.79 Å². The number of carbonyl (C=O) groups is 1. The second-order valence-corrected chi connectivity index (χ2v) is 9.44. The fraction of sp³-hybridized carbons (Fsp3) is 0.741. The summed E-state index contributed by atoms with van der Waals surface area (Å²) in [5.41, 5.74) is 1.16. The Kier molecular flexibility index (Phi) is 14.1. The lowest BCUT2D eigenvalue weighted by molar-refractivity contribution is -0.122. The largest absolute Gasteiger partial charge is 0.332 e. The number of aromatic nitrogens is 2. The van der Waals surface area contributed by atoms with Crippen LogP contribution in [-0.2, 0) is 11.3 Å². The van der Waals surface area contributed by atoms with E-state index < -0.39 is 0 Å². The number of carbonyl (C=O) groups excluding carboxylic acids is 1. The minimum atomic E-state index is 0.168. The van der Waals surface area contributed by atoms with Crippen LogP contribution in [-0.4, -0.2) is 70.9 Å². The zero-order chi connectivity index (χ0) is 24.8. The van der Waals surface area contributed by atoms with E-state index in [0.717, 1.165) is 82.8 Å². The molecule has 1 aliphatic heterocycles. The van der Waals surface area contributed by atoms with E-state index in [0.29, 0.717) is 17.9 Å². The van der Waals surface area contributed by atoms with Gasteiger partial charge in [-0.15, -0.1) is 13.2 Å². The number of hydrogen-bond donors (Lipinski definition) is 0. The van der Waals surface area contributed by atoms with Gasteiger partial charge < -0.3 is 9.80 Å². The molecule has 2 atom stereocenters. The van der Waals surface area contributed by atoms with Crippen molar-refractivity contribution in [2.45, 2.75) is 91.8 Å². The van der Waals surface area contributed by atoms with E-state index in [1.807, 2.05) is 26.2 Å². The number of nitrogens with zero attached hydrogens (tertiary/aromatic N) is 5. The Morgan fingerprint density at radius 3 is 2.12 bits per heavy atom. The Hall–Kier alpha value is -1.79. The number of piperazine rings is 1. The van der Waals surface area contributed by atoms with Crippen LogP contribution in [0.5, 0.6) is 0 Å². The van der Waals surface area contributed by atoms with Crippen molar-refractivity contribution >= 4 is 11.7 Å². The molecule has 1 aromatic heterocycles. The average Bonchev–Trinajstić information content (AvgIpc) is 2.84. The molecule has 2 heterocycles. The van der Waals surface area contributed by atoms with Gasteiger partial charge in [0.1, 0.15) is 5.78 Å². The van der Waals surface area contributed by atoms with Gasteiger partial charge in [0.05, 0.1) is 0 Å². The van der Waals surface area contributed by atoms with Crippen LogP contribution in [0.1, 0.15) is 78.7 Å². The van der Waals surface area contributed by atoms with Crippen LogP contribution in [0.2, 0.25) is 0 Å². The first-order valence-electron chi connectivity index (χ1n) is 12.9. The maximum atomic E-state index is 11.7. The van der Waals surface area contributed by atoms with Crippen LogP contribution >= 0.6 is 0 Å². The molecule has 0 amide bonds. The van der Waals surface area contributed by atoms with E-state index in [1.165, 1.54) is 0 Å². The Labute approximate surface area is 203 Å². The number of rotatable bonds is 13. The van der Waals surface area contributed by atoms with Crippen LogP contribution in [0.15, 0.2) is 25.6 Å². The molecule has 33 heavy (non-hydrogen) atoms. The van der Waals surface area contributed by atoms with Crippen LogP contribution in [0.4, 0.5) is 5.95 Å². The Morgan fingerprint density at radius 1 is 1.06 bits per heavy atom. The molecular weight excluding hydrogens is 410 g/mol. The van der Waals surface area contributed by atoms with Gasteiger partial charge in [-0.1, -0.05) is 41.0 Å². The third kappa shape index (κ3) is 9.54. The summed E-state index contributed by atoms with van der Waals surface area (Å²) in [5, 5.41) is 0. The molecule has 1 aliphatic rings. The van der Waals surface area contributed by atoms with Gasteiger partial charge in [-0.05, 0) is 45.8 Å². The van der Waals surface area contributed by atoms with Gasteiger partial charge in [0.25, 0.3) is 0 Å². The fourth-order valence-corrected chi connectivity index (χ4v) is 4.48. The van der Waals surface area contributed by atoms with Crippen LogP contribution in [0.25, 0.3) is 0 Å². The molecule has 0 N–H and O–H groups in total. The first kappa shape index (κ1) is 29.2. The average molecular weight is 460 g/mol. The molecule has 1 aromatic rings. The number of anilines is 1. The van der Waals surface area contributed by atoms with Crippen molar-refractivity contribution in [1.29, 1.82) is 0 Å². The Morgan fingerprint density at radius 2 is 1.64 bits per heavy atom. The quantitative estimate of drug-likeness (QED) is 0.299. The summed E-state index contributed by atoms with van der Waals surface area (Å²) in [6.45, 7) is 22.0. The normalized spacial score (nSPS) is 19.0. The minimum Gasteiger partial charge on any atom is -0.332 e. The minimum absolute atomic E-state index is 0.168. The molecule has 1 fully saturated rings. The third-order valence-electron chi connectivity index (χ3n) is 6.60. The van der Waals surface area contributed by atoms with E-state index in [2.05, 4.69) is 55.7 Å². The molecule has 1 saturated heterocycles. The van der Waals surface area contributed by atoms with E-state index in [-0.39, 0.29) is 5.92 Å². The lowest BCUT2D eigenvalue weighted by atomic mass is 10.0. The number of likely N-dealkylation sites (N-methyl/N-ethyl adjacent to an activating group) is 1. The SMILES string of the molecule is C=C.CCC1CN(CC)CC(CC)N1c1ncc(CN(C)CCCCCC(=O)C(C)C)cn1. The van der Waals surface area contributed by atoms with E-state index >= 15 is 0 Å². The standard InChI is InChI=1S/C25H45N5O.C2H4/c1-7-22-18-29(9-3)19-23(8-2)30(22)25-26-15-21(16-27-25)17-28(6)14-12-10-11-13-24(31)20(4)5;1-2/h15-16,20,22-23H,7-14,17-19H2,1-6H3;1-2H2. The molecule has 0 saturated carbocycles. The van der Waals surface area contributed by atoms with Crippen molar-refractivity contribution < 1.29 is 4.79 Å².